The molecule has 0 N–H and O–H groups in total. The van der Waals surface area contributed by atoms with Gasteiger partial charge in [0, 0.05) is 36.2 Å². The lowest BCUT2D eigenvalue weighted by molar-refractivity contribution is -0.384. The van der Waals surface area contributed by atoms with Gasteiger partial charge in [0.05, 0.1) is 21.7 Å². The van der Waals surface area contributed by atoms with E-state index in [1.54, 1.807) is 37.1 Å². The summed E-state index contributed by atoms with van der Waals surface area (Å²) in [5.74, 6) is -0.349. The number of methoxy groups -OCH3 is 1. The second kappa shape index (κ2) is 8.47. The van der Waals surface area contributed by atoms with E-state index in [1.165, 1.54) is 23.5 Å². The lowest BCUT2D eigenvalue weighted by atomic mass is 10.2. The van der Waals surface area contributed by atoms with Crippen molar-refractivity contribution in [2.75, 3.05) is 20.0 Å². The first kappa shape index (κ1) is 19.3. The SMILES string of the molecule is COCCn1c(=NC(=O)c2cccc(SC)c2)sc2cc([N+](=O)[O-])ccc21. The van der Waals surface area contributed by atoms with Gasteiger partial charge < -0.3 is 9.30 Å². The number of non-ortho nitro benzene ring substituents is 1. The molecule has 0 atom stereocenters. The van der Waals surface area contributed by atoms with Gasteiger partial charge in [-0.2, -0.15) is 4.99 Å². The Morgan fingerprint density at radius 1 is 1.33 bits per heavy atom. The highest BCUT2D eigenvalue weighted by Crippen LogP contribution is 2.23. The van der Waals surface area contributed by atoms with Crippen molar-refractivity contribution >= 4 is 44.9 Å². The summed E-state index contributed by atoms with van der Waals surface area (Å²) in [6, 6.07) is 11.9. The van der Waals surface area contributed by atoms with Crippen molar-refractivity contribution in [2.45, 2.75) is 11.4 Å². The molecule has 0 radical (unpaired) electrons. The standard InChI is InChI=1S/C18H17N3O4S2/c1-25-9-8-20-15-7-6-13(21(23)24)11-16(15)27-18(20)19-17(22)12-4-3-5-14(10-12)26-2/h3-7,10-11H,8-9H2,1-2H3. The summed E-state index contributed by atoms with van der Waals surface area (Å²) in [4.78, 5) is 29.0. The molecule has 1 aromatic heterocycles. The topological polar surface area (TPSA) is 86.7 Å². The van der Waals surface area contributed by atoms with Crippen LogP contribution in [0.2, 0.25) is 0 Å². The Kier molecular flexibility index (Phi) is 6.04. The number of hydrogen-bond donors (Lipinski definition) is 0. The normalized spacial score (nSPS) is 11.9. The molecule has 0 unspecified atom stereocenters. The fourth-order valence-corrected chi connectivity index (χ4v) is 4.11. The molecule has 1 heterocycles. The van der Waals surface area contributed by atoms with E-state index in [1.807, 2.05) is 23.0 Å². The molecule has 1 amide bonds. The molecule has 3 rings (SSSR count). The number of benzene rings is 2. The van der Waals surface area contributed by atoms with E-state index in [9.17, 15) is 14.9 Å². The van der Waals surface area contributed by atoms with Gasteiger partial charge in [-0.1, -0.05) is 17.4 Å². The van der Waals surface area contributed by atoms with Crippen LogP contribution in [-0.4, -0.2) is 35.4 Å². The minimum absolute atomic E-state index is 0.00758. The number of nitrogens with zero attached hydrogens (tertiary/aromatic N) is 3. The molecule has 9 heteroatoms. The first-order valence-electron chi connectivity index (χ1n) is 8.03. The Labute approximate surface area is 163 Å². The highest BCUT2D eigenvalue weighted by molar-refractivity contribution is 7.98. The van der Waals surface area contributed by atoms with E-state index in [4.69, 9.17) is 4.74 Å². The average Bonchev–Trinajstić information content (AvgIpc) is 3.02. The van der Waals surface area contributed by atoms with E-state index in [0.29, 0.717) is 28.2 Å². The van der Waals surface area contributed by atoms with Crippen LogP contribution in [0.5, 0.6) is 0 Å². The maximum absolute atomic E-state index is 12.6. The number of aromatic nitrogens is 1. The number of nitro groups is 1. The van der Waals surface area contributed by atoms with Gasteiger partial charge >= 0.3 is 0 Å². The number of amides is 1. The Hall–Kier alpha value is -2.49. The predicted molar refractivity (Wildman–Crippen MR) is 106 cm³/mol. The molecule has 0 aliphatic carbocycles. The fourth-order valence-electron chi connectivity index (χ4n) is 2.57. The van der Waals surface area contributed by atoms with Crippen LogP contribution < -0.4 is 4.80 Å². The third-order valence-corrected chi connectivity index (χ3v) is 5.68. The quantitative estimate of drug-likeness (QED) is 0.356. The Bertz CT molecular complexity index is 1070. The molecule has 0 aliphatic heterocycles. The monoisotopic (exact) mass is 403 g/mol. The zero-order valence-corrected chi connectivity index (χ0v) is 16.4. The second-order valence-electron chi connectivity index (χ2n) is 5.59. The Balaban J connectivity index is 2.11. The van der Waals surface area contributed by atoms with Crippen molar-refractivity contribution in [1.29, 1.82) is 0 Å². The van der Waals surface area contributed by atoms with Gasteiger partial charge in [0.15, 0.2) is 4.80 Å². The fraction of sp³-hybridized carbons (Fsp3) is 0.222. The van der Waals surface area contributed by atoms with E-state index < -0.39 is 4.92 Å². The molecule has 27 heavy (non-hydrogen) atoms. The number of rotatable bonds is 6. The number of hydrogen-bond acceptors (Lipinski definition) is 6. The van der Waals surface area contributed by atoms with Gasteiger partial charge in [-0.15, -0.1) is 11.8 Å². The molecule has 7 nitrogen and oxygen atoms in total. The van der Waals surface area contributed by atoms with Gasteiger partial charge in [-0.05, 0) is 30.5 Å². The maximum atomic E-state index is 12.6. The molecule has 0 fully saturated rings. The Morgan fingerprint density at radius 3 is 2.85 bits per heavy atom. The minimum atomic E-state index is -0.436. The van der Waals surface area contributed by atoms with E-state index >= 15 is 0 Å². The third kappa shape index (κ3) is 4.26. The molecule has 2 aromatic carbocycles. The van der Waals surface area contributed by atoms with E-state index in [-0.39, 0.29) is 11.6 Å². The third-order valence-electron chi connectivity index (χ3n) is 3.91. The van der Waals surface area contributed by atoms with Gasteiger partial charge in [0.1, 0.15) is 0 Å². The number of thioether (sulfide) groups is 1. The Morgan fingerprint density at radius 2 is 2.15 bits per heavy atom. The summed E-state index contributed by atoms with van der Waals surface area (Å²) in [6.45, 7) is 0.928. The number of carbonyl (C=O) groups excluding carboxylic acids is 1. The van der Waals surface area contributed by atoms with Crippen molar-refractivity contribution in [1.82, 2.24) is 4.57 Å². The molecule has 0 bridgehead atoms. The molecule has 0 saturated carbocycles. The van der Waals surface area contributed by atoms with E-state index in [2.05, 4.69) is 4.99 Å². The van der Waals surface area contributed by atoms with Gasteiger partial charge in [-0.3, -0.25) is 14.9 Å². The van der Waals surface area contributed by atoms with Crippen LogP contribution in [0.4, 0.5) is 5.69 Å². The summed E-state index contributed by atoms with van der Waals surface area (Å²) < 4.78 is 7.70. The number of thiazole rings is 1. The second-order valence-corrected chi connectivity index (χ2v) is 7.48. The summed E-state index contributed by atoms with van der Waals surface area (Å²) >= 11 is 2.80. The van der Waals surface area contributed by atoms with Crippen LogP contribution in [0.15, 0.2) is 52.4 Å². The van der Waals surface area contributed by atoms with Crippen LogP contribution in [0.1, 0.15) is 10.4 Å². The zero-order valence-electron chi connectivity index (χ0n) is 14.7. The zero-order chi connectivity index (χ0) is 19.4. The first-order chi connectivity index (χ1) is 13.0. The summed E-state index contributed by atoms with van der Waals surface area (Å²) in [6.07, 6.45) is 1.94. The molecule has 140 valence electrons. The van der Waals surface area contributed by atoms with Crippen LogP contribution in [0.25, 0.3) is 10.2 Å². The average molecular weight is 403 g/mol. The van der Waals surface area contributed by atoms with Gasteiger partial charge in [0.2, 0.25) is 0 Å². The largest absolute Gasteiger partial charge is 0.383 e. The minimum Gasteiger partial charge on any atom is -0.383 e. The van der Waals surface area contributed by atoms with Crippen molar-refractivity contribution in [3.8, 4) is 0 Å². The summed E-state index contributed by atoms with van der Waals surface area (Å²) in [5.41, 5.74) is 1.30. The molecular weight excluding hydrogens is 386 g/mol. The highest BCUT2D eigenvalue weighted by Gasteiger charge is 2.13. The number of fused-ring (bicyclic) bond motifs is 1. The number of ether oxygens (including phenoxy) is 1. The van der Waals surface area contributed by atoms with Crippen molar-refractivity contribution in [3.63, 3.8) is 0 Å². The lowest BCUT2D eigenvalue weighted by Gasteiger charge is -2.04. The molecule has 0 saturated heterocycles. The van der Waals surface area contributed by atoms with Crippen LogP contribution in [0.3, 0.4) is 0 Å². The van der Waals surface area contributed by atoms with Crippen molar-refractivity contribution < 1.29 is 14.5 Å². The van der Waals surface area contributed by atoms with Crippen molar-refractivity contribution in [3.05, 3.63) is 62.9 Å². The smallest absolute Gasteiger partial charge is 0.279 e. The lowest BCUT2D eigenvalue weighted by Crippen LogP contribution is -2.19. The summed E-state index contributed by atoms with van der Waals surface area (Å²) in [7, 11) is 1.59. The predicted octanol–water partition coefficient (Wildman–Crippen LogP) is 3.72. The molecule has 3 aromatic rings. The molecule has 0 spiro atoms. The van der Waals surface area contributed by atoms with Crippen molar-refractivity contribution in [2.24, 2.45) is 4.99 Å². The van der Waals surface area contributed by atoms with Gasteiger partial charge in [-0.25, -0.2) is 0 Å². The molecular formula is C18H17N3O4S2. The van der Waals surface area contributed by atoms with Crippen LogP contribution in [0, 0.1) is 10.1 Å². The maximum Gasteiger partial charge on any atom is 0.279 e. The number of nitro benzene ring substituents is 1. The summed E-state index contributed by atoms with van der Waals surface area (Å²) in [5, 5.41) is 11.0. The molecule has 0 aliphatic rings. The van der Waals surface area contributed by atoms with Crippen LogP contribution >= 0.6 is 23.1 Å². The number of carbonyl (C=O) groups is 1. The first-order valence-corrected chi connectivity index (χ1v) is 10.1. The van der Waals surface area contributed by atoms with Crippen LogP contribution in [-0.2, 0) is 11.3 Å². The highest BCUT2D eigenvalue weighted by atomic mass is 32.2. The van der Waals surface area contributed by atoms with Gasteiger partial charge in [0.25, 0.3) is 11.6 Å². The van der Waals surface area contributed by atoms with E-state index in [0.717, 1.165) is 10.4 Å².